The summed E-state index contributed by atoms with van der Waals surface area (Å²) in [6.45, 7) is 4.63. The second kappa shape index (κ2) is 6.91. The maximum Gasteiger partial charge on any atom is 0.142 e. The van der Waals surface area contributed by atoms with Gasteiger partial charge in [-0.25, -0.2) is 4.98 Å². The van der Waals surface area contributed by atoms with Crippen molar-refractivity contribution in [3.8, 4) is 6.07 Å². The number of anilines is 1. The van der Waals surface area contributed by atoms with Crippen molar-refractivity contribution in [2.24, 2.45) is 0 Å². The summed E-state index contributed by atoms with van der Waals surface area (Å²) >= 11 is 0. The fourth-order valence-electron chi connectivity index (χ4n) is 3.58. The number of hydrogen-bond acceptors (Lipinski definition) is 4. The molecule has 2 saturated heterocycles. The van der Waals surface area contributed by atoms with E-state index in [1.165, 1.54) is 51.6 Å². The van der Waals surface area contributed by atoms with Crippen LogP contribution in [0, 0.1) is 11.3 Å². The maximum atomic E-state index is 9.01. The second-order valence-corrected chi connectivity index (χ2v) is 6.19. The molecule has 4 heteroatoms. The number of rotatable bonds is 2. The average Bonchev–Trinajstić information content (AvgIpc) is 2.84. The monoisotopic (exact) mass is 284 g/mol. The summed E-state index contributed by atoms with van der Waals surface area (Å²) in [5.41, 5.74) is 0.518. The van der Waals surface area contributed by atoms with Gasteiger partial charge in [0, 0.05) is 19.1 Å². The Balaban J connectivity index is 1.68. The molecular weight excluding hydrogens is 260 g/mol. The molecule has 3 rings (SSSR count). The molecule has 0 saturated carbocycles. The number of hydrogen-bond donors (Lipinski definition) is 0. The normalized spacial score (nSPS) is 24.3. The first-order valence-corrected chi connectivity index (χ1v) is 8.23. The lowest BCUT2D eigenvalue weighted by Crippen LogP contribution is -2.48. The summed E-state index contributed by atoms with van der Waals surface area (Å²) in [5, 5.41) is 9.01. The number of pyridine rings is 1. The molecule has 1 aromatic heterocycles. The van der Waals surface area contributed by atoms with E-state index in [9.17, 15) is 0 Å². The van der Waals surface area contributed by atoms with Crippen molar-refractivity contribution in [1.29, 1.82) is 5.26 Å². The Hall–Kier alpha value is -1.60. The van der Waals surface area contributed by atoms with Gasteiger partial charge in [-0.15, -0.1) is 0 Å². The Morgan fingerprint density at radius 1 is 1.05 bits per heavy atom. The number of aromatic nitrogens is 1. The van der Waals surface area contributed by atoms with Crippen LogP contribution in [-0.4, -0.2) is 42.1 Å². The van der Waals surface area contributed by atoms with Crippen LogP contribution in [0.2, 0.25) is 0 Å². The molecule has 0 amide bonds. The molecule has 0 bridgehead atoms. The third kappa shape index (κ3) is 3.54. The van der Waals surface area contributed by atoms with Crippen LogP contribution in [0.25, 0.3) is 0 Å². The second-order valence-electron chi connectivity index (χ2n) is 6.19. The molecule has 0 aromatic carbocycles. The minimum Gasteiger partial charge on any atom is -0.355 e. The van der Waals surface area contributed by atoms with Gasteiger partial charge in [-0.2, -0.15) is 5.26 Å². The zero-order valence-electron chi connectivity index (χ0n) is 12.7. The molecule has 0 radical (unpaired) electrons. The van der Waals surface area contributed by atoms with Crippen molar-refractivity contribution < 1.29 is 0 Å². The molecule has 1 unspecified atom stereocenters. The van der Waals surface area contributed by atoms with Gasteiger partial charge in [0.1, 0.15) is 17.6 Å². The molecule has 3 heterocycles. The van der Waals surface area contributed by atoms with E-state index in [4.69, 9.17) is 5.26 Å². The van der Waals surface area contributed by atoms with Crippen molar-refractivity contribution in [1.82, 2.24) is 9.88 Å². The lowest BCUT2D eigenvalue weighted by molar-refractivity contribution is 0.182. The predicted molar refractivity (Wildman–Crippen MR) is 84.2 cm³/mol. The molecular formula is C17H24N4. The molecule has 4 nitrogen and oxygen atoms in total. The molecule has 2 aliphatic heterocycles. The number of nitriles is 1. The van der Waals surface area contributed by atoms with Gasteiger partial charge in [-0.05, 0) is 50.9 Å². The molecule has 112 valence electrons. The fraction of sp³-hybridized carbons (Fsp3) is 0.647. The van der Waals surface area contributed by atoms with E-state index in [-0.39, 0.29) is 0 Å². The largest absolute Gasteiger partial charge is 0.355 e. The fourth-order valence-corrected chi connectivity index (χ4v) is 3.58. The van der Waals surface area contributed by atoms with Gasteiger partial charge in [0.25, 0.3) is 0 Å². The maximum absolute atomic E-state index is 9.01. The van der Waals surface area contributed by atoms with Gasteiger partial charge in [0.05, 0.1) is 0 Å². The summed E-state index contributed by atoms with van der Waals surface area (Å²) in [6, 6.07) is 8.55. The molecule has 2 fully saturated rings. The van der Waals surface area contributed by atoms with Crippen molar-refractivity contribution in [3.05, 3.63) is 23.9 Å². The minimum absolute atomic E-state index is 0.518. The SMILES string of the molecule is N#Cc1cccc(N2CCCC(N3CCCCCC3)C2)n1. The summed E-state index contributed by atoms with van der Waals surface area (Å²) in [4.78, 5) is 9.51. The van der Waals surface area contributed by atoms with E-state index in [0.717, 1.165) is 18.9 Å². The van der Waals surface area contributed by atoms with Crippen molar-refractivity contribution >= 4 is 5.82 Å². The van der Waals surface area contributed by atoms with Crippen LogP contribution in [0.1, 0.15) is 44.2 Å². The highest BCUT2D eigenvalue weighted by atomic mass is 15.3. The van der Waals surface area contributed by atoms with Crippen LogP contribution in [-0.2, 0) is 0 Å². The Labute approximate surface area is 127 Å². The van der Waals surface area contributed by atoms with Crippen LogP contribution in [0.3, 0.4) is 0 Å². The highest BCUT2D eigenvalue weighted by molar-refractivity contribution is 5.42. The van der Waals surface area contributed by atoms with E-state index in [0.29, 0.717) is 11.7 Å². The highest BCUT2D eigenvalue weighted by Gasteiger charge is 2.26. The Morgan fingerprint density at radius 2 is 1.86 bits per heavy atom. The zero-order chi connectivity index (χ0) is 14.5. The van der Waals surface area contributed by atoms with Gasteiger partial charge in [-0.3, -0.25) is 4.90 Å². The van der Waals surface area contributed by atoms with E-state index in [1.807, 2.05) is 12.1 Å². The lowest BCUT2D eigenvalue weighted by atomic mass is 10.0. The van der Waals surface area contributed by atoms with E-state index in [2.05, 4.69) is 20.9 Å². The number of likely N-dealkylation sites (tertiary alicyclic amines) is 1. The minimum atomic E-state index is 0.518. The van der Waals surface area contributed by atoms with Crippen molar-refractivity contribution in [3.63, 3.8) is 0 Å². The van der Waals surface area contributed by atoms with Crippen LogP contribution >= 0.6 is 0 Å². The molecule has 1 aromatic rings. The summed E-state index contributed by atoms with van der Waals surface area (Å²) in [5.74, 6) is 0.966. The van der Waals surface area contributed by atoms with E-state index >= 15 is 0 Å². The van der Waals surface area contributed by atoms with Gasteiger partial charge in [-0.1, -0.05) is 18.9 Å². The molecule has 1 atom stereocenters. The molecule has 0 aliphatic carbocycles. The zero-order valence-corrected chi connectivity index (χ0v) is 12.7. The van der Waals surface area contributed by atoms with Gasteiger partial charge in [0.15, 0.2) is 0 Å². The average molecular weight is 284 g/mol. The number of piperidine rings is 1. The third-order valence-electron chi connectivity index (χ3n) is 4.73. The first-order chi connectivity index (χ1) is 10.4. The Kier molecular flexibility index (Phi) is 4.72. The van der Waals surface area contributed by atoms with Gasteiger partial charge < -0.3 is 4.90 Å². The predicted octanol–water partition coefficient (Wildman–Crippen LogP) is 2.80. The summed E-state index contributed by atoms with van der Waals surface area (Å²) in [7, 11) is 0. The lowest BCUT2D eigenvalue weighted by Gasteiger charge is -2.39. The van der Waals surface area contributed by atoms with Crippen molar-refractivity contribution in [2.75, 3.05) is 31.1 Å². The van der Waals surface area contributed by atoms with Gasteiger partial charge >= 0.3 is 0 Å². The molecule has 2 aliphatic rings. The molecule has 0 N–H and O–H groups in total. The smallest absolute Gasteiger partial charge is 0.142 e. The van der Waals surface area contributed by atoms with E-state index in [1.54, 1.807) is 6.07 Å². The Morgan fingerprint density at radius 3 is 2.62 bits per heavy atom. The molecule has 21 heavy (non-hydrogen) atoms. The Bertz CT molecular complexity index is 500. The van der Waals surface area contributed by atoms with Crippen LogP contribution in [0.4, 0.5) is 5.82 Å². The van der Waals surface area contributed by atoms with Crippen LogP contribution < -0.4 is 4.90 Å². The quantitative estimate of drug-likeness (QED) is 0.837. The standard InChI is InChI=1S/C17H24N4/c18-13-15-7-5-9-17(19-15)21-12-6-8-16(14-21)20-10-3-1-2-4-11-20/h5,7,9,16H,1-4,6,8,10-12,14H2. The number of nitrogens with zero attached hydrogens (tertiary/aromatic N) is 4. The van der Waals surface area contributed by atoms with Crippen LogP contribution in [0.15, 0.2) is 18.2 Å². The molecule has 0 spiro atoms. The highest BCUT2D eigenvalue weighted by Crippen LogP contribution is 2.23. The third-order valence-corrected chi connectivity index (χ3v) is 4.73. The van der Waals surface area contributed by atoms with Crippen molar-refractivity contribution in [2.45, 2.75) is 44.6 Å². The topological polar surface area (TPSA) is 43.2 Å². The van der Waals surface area contributed by atoms with Gasteiger partial charge in [0.2, 0.25) is 0 Å². The summed E-state index contributed by atoms with van der Waals surface area (Å²) < 4.78 is 0. The summed E-state index contributed by atoms with van der Waals surface area (Å²) in [6.07, 6.45) is 7.99. The first-order valence-electron chi connectivity index (χ1n) is 8.23. The van der Waals surface area contributed by atoms with E-state index < -0.39 is 0 Å². The first kappa shape index (κ1) is 14.3. The van der Waals surface area contributed by atoms with Crippen LogP contribution in [0.5, 0.6) is 0 Å².